The maximum absolute atomic E-state index is 11.4. The Morgan fingerprint density at radius 2 is 2.14 bits per heavy atom. The van der Waals surface area contributed by atoms with Crippen molar-refractivity contribution < 1.29 is 9.72 Å². The molecule has 0 spiro atoms. The van der Waals surface area contributed by atoms with Crippen molar-refractivity contribution >= 4 is 23.0 Å². The van der Waals surface area contributed by atoms with Gasteiger partial charge in [-0.3, -0.25) is 14.9 Å². The molecule has 1 aliphatic heterocycles. The Bertz CT molecular complexity index is 561. The van der Waals surface area contributed by atoms with Crippen molar-refractivity contribution in [3.63, 3.8) is 0 Å². The third kappa shape index (κ3) is 3.24. The Labute approximate surface area is 123 Å². The predicted octanol–water partition coefficient (Wildman–Crippen LogP) is 1.73. The molecule has 21 heavy (non-hydrogen) atoms. The summed E-state index contributed by atoms with van der Waals surface area (Å²) in [6.45, 7) is 2.55. The fourth-order valence-electron chi connectivity index (χ4n) is 2.71. The Morgan fingerprint density at radius 1 is 1.43 bits per heavy atom. The quantitative estimate of drug-likeness (QED) is 0.650. The second-order valence-electron chi connectivity index (χ2n) is 5.42. The number of nitro benzene ring substituents is 1. The normalized spacial score (nSPS) is 21.9. The number of carbonyl (C=O) groups is 1. The predicted molar refractivity (Wildman–Crippen MR) is 81.4 cm³/mol. The first-order valence-electron chi connectivity index (χ1n) is 6.95. The highest BCUT2D eigenvalue weighted by Crippen LogP contribution is 2.32. The second-order valence-corrected chi connectivity index (χ2v) is 5.42. The zero-order valence-corrected chi connectivity index (χ0v) is 12.2. The summed E-state index contributed by atoms with van der Waals surface area (Å²) in [6.07, 6.45) is 1.60. The van der Waals surface area contributed by atoms with Gasteiger partial charge in [0.25, 0.3) is 5.69 Å². The molecule has 1 aliphatic rings. The Hall–Kier alpha value is -2.31. The molecule has 1 amide bonds. The molecule has 2 rings (SSSR count). The van der Waals surface area contributed by atoms with Crippen LogP contribution in [0.5, 0.6) is 0 Å². The van der Waals surface area contributed by atoms with E-state index in [1.54, 1.807) is 13.1 Å². The molecule has 7 nitrogen and oxygen atoms in total. The van der Waals surface area contributed by atoms with Crippen LogP contribution in [0.3, 0.4) is 0 Å². The fraction of sp³-hybridized carbons (Fsp3) is 0.500. The van der Waals surface area contributed by atoms with Crippen LogP contribution in [0.2, 0.25) is 0 Å². The van der Waals surface area contributed by atoms with E-state index >= 15 is 0 Å². The molecular formula is C14H20N4O3. The third-order valence-corrected chi connectivity index (χ3v) is 4.02. The molecule has 0 radical (unpaired) electrons. The number of hydrogen-bond acceptors (Lipinski definition) is 5. The van der Waals surface area contributed by atoms with Crippen LogP contribution >= 0.6 is 0 Å². The van der Waals surface area contributed by atoms with E-state index in [4.69, 9.17) is 5.73 Å². The van der Waals surface area contributed by atoms with Gasteiger partial charge in [-0.1, -0.05) is 0 Å². The highest BCUT2D eigenvalue weighted by Gasteiger charge is 2.29. The number of primary amides is 1. The lowest BCUT2D eigenvalue weighted by molar-refractivity contribution is -0.384. The lowest BCUT2D eigenvalue weighted by Gasteiger charge is -2.38. The summed E-state index contributed by atoms with van der Waals surface area (Å²) < 4.78 is 0. The van der Waals surface area contributed by atoms with Crippen LogP contribution in [-0.2, 0) is 4.79 Å². The van der Waals surface area contributed by atoms with Crippen LogP contribution in [0.1, 0.15) is 19.8 Å². The number of piperidine rings is 1. The van der Waals surface area contributed by atoms with Gasteiger partial charge in [0.2, 0.25) is 5.91 Å². The minimum atomic E-state index is -0.412. The Balaban J connectivity index is 2.36. The van der Waals surface area contributed by atoms with Gasteiger partial charge in [-0.25, -0.2) is 0 Å². The van der Waals surface area contributed by atoms with E-state index in [1.807, 2.05) is 11.0 Å². The zero-order chi connectivity index (χ0) is 15.6. The SMILES string of the molecule is CNc1cc(N2CC(C(N)=O)CCC2C)cc([N+](=O)[O-])c1. The second kappa shape index (κ2) is 5.99. The molecule has 114 valence electrons. The smallest absolute Gasteiger partial charge is 0.273 e. The maximum atomic E-state index is 11.4. The number of anilines is 2. The van der Waals surface area contributed by atoms with Crippen LogP contribution in [-0.4, -0.2) is 30.5 Å². The molecule has 0 bridgehead atoms. The monoisotopic (exact) mass is 292 g/mol. The lowest BCUT2D eigenvalue weighted by atomic mass is 9.92. The molecule has 3 N–H and O–H groups in total. The van der Waals surface area contributed by atoms with E-state index in [-0.39, 0.29) is 23.6 Å². The largest absolute Gasteiger partial charge is 0.388 e. The number of amides is 1. The van der Waals surface area contributed by atoms with Crippen molar-refractivity contribution in [3.05, 3.63) is 28.3 Å². The van der Waals surface area contributed by atoms with Gasteiger partial charge in [0.15, 0.2) is 0 Å². The molecule has 1 aromatic carbocycles. The van der Waals surface area contributed by atoms with Crippen LogP contribution in [0.15, 0.2) is 18.2 Å². The van der Waals surface area contributed by atoms with Gasteiger partial charge in [-0.05, 0) is 25.8 Å². The maximum Gasteiger partial charge on any atom is 0.273 e. The molecule has 0 aliphatic carbocycles. The van der Waals surface area contributed by atoms with Crippen molar-refractivity contribution in [2.75, 3.05) is 23.8 Å². The molecule has 1 aromatic rings. The number of carbonyl (C=O) groups excluding carboxylic acids is 1. The van der Waals surface area contributed by atoms with Gasteiger partial charge in [-0.2, -0.15) is 0 Å². The van der Waals surface area contributed by atoms with Crippen LogP contribution < -0.4 is 16.0 Å². The summed E-state index contributed by atoms with van der Waals surface area (Å²) in [5.74, 6) is -0.523. The van der Waals surface area contributed by atoms with Gasteiger partial charge >= 0.3 is 0 Å². The van der Waals surface area contributed by atoms with E-state index in [9.17, 15) is 14.9 Å². The van der Waals surface area contributed by atoms with E-state index in [1.165, 1.54) is 6.07 Å². The standard InChI is InChI=1S/C14H20N4O3/c1-9-3-4-10(14(15)19)8-17(9)12-5-11(16-2)6-13(7-12)18(20)21/h5-7,9-10,16H,3-4,8H2,1-2H3,(H2,15,19). The minimum Gasteiger partial charge on any atom is -0.388 e. The van der Waals surface area contributed by atoms with Crippen LogP contribution in [0, 0.1) is 16.0 Å². The summed E-state index contributed by atoms with van der Waals surface area (Å²) in [7, 11) is 1.72. The highest BCUT2D eigenvalue weighted by atomic mass is 16.6. The molecular weight excluding hydrogens is 272 g/mol. The molecule has 1 fully saturated rings. The fourth-order valence-corrected chi connectivity index (χ4v) is 2.71. The summed E-state index contributed by atoms with van der Waals surface area (Å²) in [6, 6.07) is 5.10. The molecule has 2 unspecified atom stereocenters. The molecule has 7 heteroatoms. The zero-order valence-electron chi connectivity index (χ0n) is 12.2. The number of nitrogens with two attached hydrogens (primary N) is 1. The lowest BCUT2D eigenvalue weighted by Crippen LogP contribution is -2.45. The van der Waals surface area contributed by atoms with Crippen molar-refractivity contribution in [3.8, 4) is 0 Å². The average Bonchev–Trinajstić information content (AvgIpc) is 2.46. The van der Waals surface area contributed by atoms with E-state index in [2.05, 4.69) is 12.2 Å². The number of benzene rings is 1. The number of nitro groups is 1. The molecule has 0 saturated carbocycles. The number of nitrogens with zero attached hydrogens (tertiary/aromatic N) is 2. The van der Waals surface area contributed by atoms with Gasteiger partial charge in [0.05, 0.1) is 10.8 Å². The third-order valence-electron chi connectivity index (χ3n) is 4.02. The number of hydrogen-bond donors (Lipinski definition) is 2. The number of rotatable bonds is 4. The summed E-state index contributed by atoms with van der Waals surface area (Å²) in [5, 5.41) is 14.0. The summed E-state index contributed by atoms with van der Waals surface area (Å²) in [5.41, 5.74) is 6.85. The number of nitrogens with one attached hydrogen (secondary N) is 1. The first kappa shape index (κ1) is 15.1. The van der Waals surface area contributed by atoms with Crippen molar-refractivity contribution in [1.29, 1.82) is 0 Å². The van der Waals surface area contributed by atoms with Crippen LogP contribution in [0.4, 0.5) is 17.1 Å². The average molecular weight is 292 g/mol. The van der Waals surface area contributed by atoms with Gasteiger partial charge in [-0.15, -0.1) is 0 Å². The number of non-ortho nitro benzene ring substituents is 1. The minimum absolute atomic E-state index is 0.0326. The van der Waals surface area contributed by atoms with E-state index in [0.717, 1.165) is 18.5 Å². The molecule has 1 saturated heterocycles. The first-order valence-corrected chi connectivity index (χ1v) is 6.95. The van der Waals surface area contributed by atoms with Gasteiger partial charge < -0.3 is 16.0 Å². The van der Waals surface area contributed by atoms with E-state index < -0.39 is 4.92 Å². The Kier molecular flexibility index (Phi) is 4.30. The molecule has 0 aromatic heterocycles. The van der Waals surface area contributed by atoms with Crippen molar-refractivity contribution in [2.45, 2.75) is 25.8 Å². The van der Waals surface area contributed by atoms with Crippen molar-refractivity contribution in [2.24, 2.45) is 11.7 Å². The Morgan fingerprint density at radius 3 is 2.71 bits per heavy atom. The van der Waals surface area contributed by atoms with Gasteiger partial charge in [0, 0.05) is 43.1 Å². The summed E-state index contributed by atoms with van der Waals surface area (Å²) >= 11 is 0. The molecule has 1 heterocycles. The van der Waals surface area contributed by atoms with Crippen LogP contribution in [0.25, 0.3) is 0 Å². The highest BCUT2D eigenvalue weighted by molar-refractivity contribution is 5.78. The summed E-state index contributed by atoms with van der Waals surface area (Å²) in [4.78, 5) is 24.1. The van der Waals surface area contributed by atoms with Crippen molar-refractivity contribution in [1.82, 2.24) is 0 Å². The molecule has 2 atom stereocenters. The van der Waals surface area contributed by atoms with Gasteiger partial charge in [0.1, 0.15) is 0 Å². The topological polar surface area (TPSA) is 102 Å². The first-order chi connectivity index (χ1) is 9.92. The van der Waals surface area contributed by atoms with E-state index in [0.29, 0.717) is 12.2 Å².